The van der Waals surface area contributed by atoms with Crippen molar-refractivity contribution in [2.45, 2.75) is 40.0 Å². The van der Waals surface area contributed by atoms with Crippen molar-refractivity contribution in [1.82, 2.24) is 0 Å². The molecule has 11 heavy (non-hydrogen) atoms. The fourth-order valence-corrected chi connectivity index (χ4v) is 5.49. The molecule has 0 saturated carbocycles. The quantitative estimate of drug-likeness (QED) is 0.655. The lowest BCUT2D eigenvalue weighted by atomic mass is 10.5. The Hall–Kier alpha value is 0.390. The van der Waals surface area contributed by atoms with E-state index in [0.29, 0.717) is 0 Å². The summed E-state index contributed by atoms with van der Waals surface area (Å²) < 4.78 is 0. The second-order valence-electron chi connectivity index (χ2n) is 3.59. The molecule has 0 aliphatic rings. The average molecular weight is 177 g/mol. The maximum atomic E-state index is 9.98. The molecule has 0 unspecified atom stereocenters. The molecule has 0 atom stereocenters. The Kier molecular flexibility index (Phi) is 4.00. The van der Waals surface area contributed by atoms with Gasteiger partial charge < -0.3 is 5.11 Å². The summed E-state index contributed by atoms with van der Waals surface area (Å²) in [6.07, 6.45) is 3.51. The van der Waals surface area contributed by atoms with Crippen LogP contribution in [-0.2, 0) is 0 Å². The molecular weight excluding hydrogens is 155 g/mol. The monoisotopic (exact) mass is 177 g/mol. The highest BCUT2D eigenvalue weighted by Gasteiger charge is 2.46. The molecule has 0 amide bonds. The zero-order chi connectivity index (χ0) is 9.12. The summed E-state index contributed by atoms with van der Waals surface area (Å²) in [5, 5.41) is 9.55. The van der Waals surface area contributed by atoms with E-state index in [-0.39, 0.29) is 0 Å². The van der Waals surface area contributed by atoms with Crippen LogP contribution >= 0.6 is 7.26 Å². The van der Waals surface area contributed by atoms with Gasteiger partial charge in [-0.1, -0.05) is 0 Å². The minimum atomic E-state index is -1.07. The van der Waals surface area contributed by atoms with Crippen LogP contribution in [0.15, 0.2) is 0 Å². The molecule has 0 spiro atoms. The van der Waals surface area contributed by atoms with E-state index in [1.807, 2.05) is 13.8 Å². The van der Waals surface area contributed by atoms with Crippen LogP contribution in [0.1, 0.15) is 34.6 Å². The van der Waals surface area contributed by atoms with Crippen LogP contribution in [0.5, 0.6) is 0 Å². The van der Waals surface area contributed by atoms with Crippen LogP contribution in [-0.4, -0.2) is 28.9 Å². The molecule has 2 heteroatoms. The van der Waals surface area contributed by atoms with E-state index < -0.39 is 12.6 Å². The molecule has 0 bridgehead atoms. The normalized spacial score (nSPS) is 13.6. The van der Waals surface area contributed by atoms with Gasteiger partial charge in [-0.2, -0.15) is 0 Å². The Balaban J connectivity index is 4.54. The molecule has 0 saturated heterocycles. The first-order chi connectivity index (χ1) is 4.93. The van der Waals surface area contributed by atoms with Crippen molar-refractivity contribution in [3.05, 3.63) is 0 Å². The predicted molar refractivity (Wildman–Crippen MR) is 54.8 cm³/mol. The highest BCUT2D eigenvalue weighted by Crippen LogP contribution is 2.66. The van der Waals surface area contributed by atoms with Gasteiger partial charge in [-0.15, -0.1) is 0 Å². The molecule has 0 fully saturated rings. The zero-order valence-corrected chi connectivity index (χ0v) is 9.41. The minimum absolute atomic E-state index is 0.425. The molecule has 0 radical (unpaired) electrons. The lowest BCUT2D eigenvalue weighted by molar-refractivity contribution is 0.168. The summed E-state index contributed by atoms with van der Waals surface area (Å²) in [6, 6.07) is 0. The zero-order valence-electron chi connectivity index (χ0n) is 8.52. The van der Waals surface area contributed by atoms with Gasteiger partial charge in [0.25, 0.3) is 0 Å². The van der Waals surface area contributed by atoms with Gasteiger partial charge in [-0.3, -0.25) is 0 Å². The first-order valence-electron chi connectivity index (χ1n) is 4.52. The van der Waals surface area contributed by atoms with Crippen LogP contribution in [0.3, 0.4) is 0 Å². The first kappa shape index (κ1) is 11.4. The van der Waals surface area contributed by atoms with Crippen molar-refractivity contribution in [2.24, 2.45) is 0 Å². The molecule has 0 heterocycles. The van der Waals surface area contributed by atoms with Crippen LogP contribution in [0.2, 0.25) is 0 Å². The lowest BCUT2D eigenvalue weighted by Crippen LogP contribution is -2.28. The van der Waals surface area contributed by atoms with Crippen molar-refractivity contribution in [1.29, 1.82) is 0 Å². The summed E-state index contributed by atoms with van der Waals surface area (Å²) in [6.45, 7) is 10.6. The minimum Gasteiger partial charge on any atom is -0.357 e. The Bertz CT molecular complexity index is 103. The maximum Gasteiger partial charge on any atom is 0.168 e. The maximum absolute atomic E-state index is 9.98. The van der Waals surface area contributed by atoms with E-state index >= 15 is 0 Å². The third-order valence-corrected chi connectivity index (χ3v) is 8.93. The number of hydrogen-bond acceptors (Lipinski definition) is 1. The van der Waals surface area contributed by atoms with Gasteiger partial charge in [0.15, 0.2) is 5.34 Å². The smallest absolute Gasteiger partial charge is 0.168 e. The molecule has 1 nitrogen and oxygen atoms in total. The lowest BCUT2D eigenvalue weighted by Gasteiger charge is -2.34. The largest absolute Gasteiger partial charge is 0.357 e. The predicted octanol–water partition coefficient (Wildman–Crippen LogP) is 2.79. The van der Waals surface area contributed by atoms with E-state index in [1.54, 1.807) is 0 Å². The van der Waals surface area contributed by atoms with Crippen molar-refractivity contribution >= 4 is 7.26 Å². The van der Waals surface area contributed by atoms with Crippen molar-refractivity contribution in [2.75, 3.05) is 18.5 Å². The molecule has 0 rings (SSSR count). The number of hydrogen-bond donors (Lipinski definition) is 1. The second kappa shape index (κ2) is 3.87. The van der Waals surface area contributed by atoms with Crippen LogP contribution in [0, 0.1) is 0 Å². The third-order valence-electron chi connectivity index (χ3n) is 2.98. The van der Waals surface area contributed by atoms with Crippen molar-refractivity contribution in [3.63, 3.8) is 0 Å². The summed E-state index contributed by atoms with van der Waals surface area (Å²) >= 11 is 0. The Morgan fingerprint density at radius 3 is 1.27 bits per heavy atom. The molecule has 0 aliphatic heterocycles. The van der Waals surface area contributed by atoms with Gasteiger partial charge in [0.1, 0.15) is 0 Å². The Morgan fingerprint density at radius 2 is 1.27 bits per heavy atom. The van der Waals surface area contributed by atoms with Crippen LogP contribution < -0.4 is 0 Å². The summed E-state index contributed by atoms with van der Waals surface area (Å²) in [7, 11) is -1.07. The van der Waals surface area contributed by atoms with Gasteiger partial charge in [-0.05, 0) is 34.6 Å². The van der Waals surface area contributed by atoms with Crippen LogP contribution in [0.25, 0.3) is 0 Å². The van der Waals surface area contributed by atoms with Crippen molar-refractivity contribution in [3.8, 4) is 0 Å². The van der Waals surface area contributed by atoms with E-state index in [4.69, 9.17) is 0 Å². The molecule has 0 aromatic carbocycles. The average Bonchev–Trinajstić information content (AvgIpc) is 1.90. The van der Waals surface area contributed by atoms with Crippen molar-refractivity contribution < 1.29 is 5.11 Å². The highest BCUT2D eigenvalue weighted by molar-refractivity contribution is 7.77. The Labute approximate surface area is 71.5 Å². The summed E-state index contributed by atoms with van der Waals surface area (Å²) in [5.41, 5.74) is 0. The summed E-state index contributed by atoms with van der Waals surface area (Å²) in [5.74, 6) is 0. The van der Waals surface area contributed by atoms with Gasteiger partial charge >= 0.3 is 0 Å². The third kappa shape index (κ3) is 2.16. The molecular formula is C9H22OP+. The van der Waals surface area contributed by atoms with Gasteiger partial charge in [0.05, 0.1) is 18.5 Å². The fraction of sp³-hybridized carbons (Fsp3) is 1.00. The topological polar surface area (TPSA) is 20.2 Å². The molecule has 68 valence electrons. The van der Waals surface area contributed by atoms with Gasteiger partial charge in [0, 0.05) is 7.26 Å². The molecule has 1 N–H and O–H groups in total. The number of rotatable bonds is 4. The van der Waals surface area contributed by atoms with Crippen LogP contribution in [0.4, 0.5) is 0 Å². The van der Waals surface area contributed by atoms with Gasteiger partial charge in [0.2, 0.25) is 0 Å². The SMILES string of the molecule is CC[P+](CC)(CC)C(C)(C)O. The highest BCUT2D eigenvalue weighted by atomic mass is 31.2. The van der Waals surface area contributed by atoms with E-state index in [2.05, 4.69) is 20.8 Å². The Morgan fingerprint density at radius 1 is 1.00 bits per heavy atom. The van der Waals surface area contributed by atoms with E-state index in [1.165, 1.54) is 18.5 Å². The molecule has 0 aromatic rings. The number of aliphatic hydroxyl groups is 1. The standard InChI is InChI=1S/C9H22OP/c1-6-11(7-2,8-3)9(4,5)10/h10H,6-8H2,1-5H3/q+1. The summed E-state index contributed by atoms with van der Waals surface area (Å²) in [4.78, 5) is 0. The molecule has 0 aromatic heterocycles. The molecule has 0 aliphatic carbocycles. The fourth-order valence-electron chi connectivity index (χ4n) is 1.83. The first-order valence-corrected chi connectivity index (χ1v) is 6.86. The van der Waals surface area contributed by atoms with E-state index in [9.17, 15) is 5.11 Å². The van der Waals surface area contributed by atoms with Gasteiger partial charge in [-0.25, -0.2) is 0 Å². The van der Waals surface area contributed by atoms with E-state index in [0.717, 1.165) is 0 Å². The second-order valence-corrected chi connectivity index (χ2v) is 8.87.